The zero-order valence-electron chi connectivity index (χ0n) is 30.8. The van der Waals surface area contributed by atoms with Gasteiger partial charge in [0.2, 0.25) is 11.8 Å². The highest BCUT2D eigenvalue weighted by Crippen LogP contribution is 2.52. The lowest BCUT2D eigenvalue weighted by atomic mass is 9.57. The van der Waals surface area contributed by atoms with Crippen molar-refractivity contribution < 1.29 is 19.2 Å². The Balaban J connectivity index is 0.709. The summed E-state index contributed by atoms with van der Waals surface area (Å²) in [5.41, 5.74) is 17.8. The van der Waals surface area contributed by atoms with E-state index in [1.807, 2.05) is 48.5 Å². The van der Waals surface area contributed by atoms with E-state index in [0.717, 1.165) is 92.1 Å². The molecule has 6 aliphatic heterocycles. The summed E-state index contributed by atoms with van der Waals surface area (Å²) < 4.78 is 0. The maximum atomic E-state index is 13.3. The molecular formula is C41H51N9O4. The molecule has 284 valence electrons. The van der Waals surface area contributed by atoms with Crippen molar-refractivity contribution in [2.45, 2.75) is 50.6 Å². The van der Waals surface area contributed by atoms with Gasteiger partial charge < -0.3 is 31.5 Å². The van der Waals surface area contributed by atoms with E-state index >= 15 is 0 Å². The number of carbonyl (C=O) groups excluding carboxylic acids is 4. The predicted octanol–water partition coefficient (Wildman–Crippen LogP) is 1.73. The highest BCUT2D eigenvalue weighted by atomic mass is 16.2. The third-order valence-corrected chi connectivity index (χ3v) is 13.1. The molecule has 0 aromatic heterocycles. The van der Waals surface area contributed by atoms with Crippen LogP contribution in [-0.2, 0) is 9.59 Å². The van der Waals surface area contributed by atoms with Crippen LogP contribution in [0, 0.1) is 17.3 Å². The monoisotopic (exact) mass is 733 g/mol. The number of nitrogens with one attached hydrogen (secondary N) is 2. The first-order valence-electron chi connectivity index (χ1n) is 19.7. The summed E-state index contributed by atoms with van der Waals surface area (Å²) in [4.78, 5) is 61.6. The Morgan fingerprint density at radius 1 is 0.852 bits per heavy atom. The number of hydrogen-bond acceptors (Lipinski definition) is 11. The van der Waals surface area contributed by atoms with E-state index in [1.54, 1.807) is 6.07 Å². The maximum Gasteiger partial charge on any atom is 0.262 e. The van der Waals surface area contributed by atoms with Crippen molar-refractivity contribution in [3.63, 3.8) is 0 Å². The molecule has 2 aromatic rings. The molecule has 13 nitrogen and oxygen atoms in total. The Labute approximate surface area is 316 Å². The number of amides is 4. The lowest BCUT2D eigenvalue weighted by molar-refractivity contribution is -0.136. The minimum atomic E-state index is -0.946. The number of rotatable bonds is 8. The first-order valence-corrected chi connectivity index (χ1v) is 19.7. The number of carbonyl (C=O) groups is 4. The fraction of sp³-hybridized carbons (Fsp3) is 0.512. The summed E-state index contributed by atoms with van der Waals surface area (Å²) in [5, 5.41) is 5.69. The first kappa shape index (κ1) is 34.9. The molecule has 13 heteroatoms. The topological polar surface area (TPSA) is 161 Å². The van der Waals surface area contributed by atoms with Gasteiger partial charge in [-0.1, -0.05) is 30.3 Å². The molecule has 54 heavy (non-hydrogen) atoms. The second-order valence-corrected chi connectivity index (χ2v) is 16.8. The Morgan fingerprint density at radius 2 is 1.59 bits per heavy atom. The highest BCUT2D eigenvalue weighted by molar-refractivity contribution is 6.23. The van der Waals surface area contributed by atoms with Crippen LogP contribution >= 0.6 is 0 Å². The predicted molar refractivity (Wildman–Crippen MR) is 204 cm³/mol. The molecule has 2 aromatic carbocycles. The van der Waals surface area contributed by atoms with Crippen LogP contribution in [-0.4, -0.2) is 121 Å². The van der Waals surface area contributed by atoms with Crippen molar-refractivity contribution in [1.29, 1.82) is 0 Å². The van der Waals surface area contributed by atoms with E-state index in [9.17, 15) is 19.2 Å². The van der Waals surface area contributed by atoms with Gasteiger partial charge in [-0.2, -0.15) is 0 Å². The minimum absolute atomic E-state index is 0.112. The molecule has 2 atom stereocenters. The number of imide groups is 2. The molecule has 1 saturated carbocycles. The molecule has 5 fully saturated rings. The molecule has 0 bridgehead atoms. The Morgan fingerprint density at radius 3 is 2.35 bits per heavy atom. The number of anilines is 1. The van der Waals surface area contributed by atoms with Gasteiger partial charge in [-0.3, -0.25) is 34.3 Å². The molecule has 1 spiro atoms. The number of hydrogen-bond donors (Lipinski definition) is 4. The van der Waals surface area contributed by atoms with E-state index in [1.165, 1.54) is 32.5 Å². The summed E-state index contributed by atoms with van der Waals surface area (Å²) in [6.07, 6.45) is 7.16. The van der Waals surface area contributed by atoms with Gasteiger partial charge in [0, 0.05) is 83.3 Å². The normalized spacial score (nSPS) is 26.7. The number of likely N-dealkylation sites (tertiary alicyclic amines) is 1. The average Bonchev–Trinajstić information content (AvgIpc) is 3.39. The van der Waals surface area contributed by atoms with Gasteiger partial charge in [0.05, 0.1) is 22.9 Å². The van der Waals surface area contributed by atoms with Crippen LogP contribution in [0.1, 0.15) is 64.8 Å². The largest absolute Gasteiger partial charge is 0.398 e. The van der Waals surface area contributed by atoms with Crippen LogP contribution in [0.2, 0.25) is 0 Å². The van der Waals surface area contributed by atoms with Crippen LogP contribution < -0.4 is 27.0 Å². The zero-order valence-corrected chi connectivity index (χ0v) is 30.8. The smallest absolute Gasteiger partial charge is 0.262 e. The van der Waals surface area contributed by atoms with Gasteiger partial charge in [0.25, 0.3) is 11.8 Å². The highest BCUT2D eigenvalue weighted by Gasteiger charge is 2.52. The lowest BCUT2D eigenvalue weighted by Gasteiger charge is -2.61. The zero-order chi connectivity index (χ0) is 37.1. The number of fused-ring (bicyclic) bond motifs is 2. The second kappa shape index (κ2) is 13.8. The van der Waals surface area contributed by atoms with Crippen molar-refractivity contribution in [1.82, 2.24) is 30.2 Å². The number of nitrogens with two attached hydrogens (primary N) is 2. The second-order valence-electron chi connectivity index (χ2n) is 16.8. The van der Waals surface area contributed by atoms with Gasteiger partial charge in [-0.25, -0.2) is 0 Å². The minimum Gasteiger partial charge on any atom is -0.398 e. The first-order chi connectivity index (χ1) is 26.1. The summed E-state index contributed by atoms with van der Waals surface area (Å²) in [5.74, 6) is 0.261. The van der Waals surface area contributed by atoms with Gasteiger partial charge in [0.15, 0.2) is 0 Å². The van der Waals surface area contributed by atoms with Gasteiger partial charge >= 0.3 is 0 Å². The van der Waals surface area contributed by atoms with Crippen LogP contribution in [0.3, 0.4) is 0 Å². The van der Waals surface area contributed by atoms with Crippen LogP contribution in [0.5, 0.6) is 0 Å². The van der Waals surface area contributed by atoms with Crippen molar-refractivity contribution >= 4 is 35.0 Å². The molecule has 1 aliphatic carbocycles. The molecule has 9 rings (SSSR count). The van der Waals surface area contributed by atoms with Crippen LogP contribution in [0.25, 0.3) is 5.70 Å². The number of piperidine rings is 2. The number of piperazine rings is 1. The number of allylic oxidation sites excluding steroid dienone is 1. The molecule has 2 unspecified atom stereocenters. The van der Waals surface area contributed by atoms with Gasteiger partial charge in [-0.05, 0) is 79.2 Å². The quantitative estimate of drug-likeness (QED) is 0.293. The Kier molecular flexibility index (Phi) is 8.88. The average molecular weight is 734 g/mol. The molecule has 4 amide bonds. The van der Waals surface area contributed by atoms with Crippen molar-refractivity contribution in [3.05, 3.63) is 82.8 Å². The van der Waals surface area contributed by atoms with E-state index in [0.29, 0.717) is 34.3 Å². The van der Waals surface area contributed by atoms with Crippen molar-refractivity contribution in [2.24, 2.45) is 28.7 Å². The fourth-order valence-corrected chi connectivity index (χ4v) is 10.4. The van der Waals surface area contributed by atoms with E-state index in [2.05, 4.69) is 30.2 Å². The van der Waals surface area contributed by atoms with E-state index < -0.39 is 23.8 Å². The third-order valence-electron chi connectivity index (χ3n) is 13.1. The summed E-state index contributed by atoms with van der Waals surface area (Å²) >= 11 is 0. The molecule has 4 saturated heterocycles. The maximum absolute atomic E-state index is 13.3. The SMILES string of the molecule is NC1=C(/C=C(\N)c2ccccc2)N2CCN(CC3CC4(C3)CN(CC3CCN(c5ccc6c(c5)C(=O)N(C5CCC(=O)NC5=O)C6=O)CC3)C4)CC2CN1. The van der Waals surface area contributed by atoms with Crippen LogP contribution in [0.4, 0.5) is 5.69 Å². The summed E-state index contributed by atoms with van der Waals surface area (Å²) in [6, 6.07) is 14.9. The van der Waals surface area contributed by atoms with Crippen molar-refractivity contribution in [3.8, 4) is 0 Å². The Hall–Kier alpha value is -4.88. The lowest BCUT2D eigenvalue weighted by Crippen LogP contribution is -2.65. The molecule has 6 N–H and O–H groups in total. The van der Waals surface area contributed by atoms with Gasteiger partial charge in [0.1, 0.15) is 11.9 Å². The molecule has 0 radical (unpaired) electrons. The molecule has 7 aliphatic rings. The third kappa shape index (κ3) is 6.40. The molecular weight excluding hydrogens is 683 g/mol. The fourth-order valence-electron chi connectivity index (χ4n) is 10.4. The standard InChI is InChI=1S/C41H51N9O4/c42-33(28-4-2-1-3-5-28)17-35-37(43)44-20-30-23-46(14-15-49(30)35)22-27-18-41(19-27)24-47(25-41)21-26-10-12-48(13-11-26)29-6-7-31-32(16-29)40(54)50(39(31)53)34-8-9-36(51)45-38(34)52/h1-7,16-17,26-27,30,34,44H,8-15,18-25,42-43H2,(H,45,51,52)/b33-17-. The van der Waals surface area contributed by atoms with Crippen molar-refractivity contribution in [2.75, 3.05) is 70.3 Å². The van der Waals surface area contributed by atoms with Crippen LogP contribution in [0.15, 0.2) is 66.1 Å². The summed E-state index contributed by atoms with van der Waals surface area (Å²) in [6.45, 7) is 10.5. The molecule has 6 heterocycles. The van der Waals surface area contributed by atoms with Gasteiger partial charge in [-0.15, -0.1) is 0 Å². The van der Waals surface area contributed by atoms with E-state index in [4.69, 9.17) is 11.5 Å². The van der Waals surface area contributed by atoms with E-state index in [-0.39, 0.29) is 18.7 Å². The number of nitrogens with zero attached hydrogens (tertiary/aromatic N) is 5. The Bertz CT molecular complexity index is 1910. The summed E-state index contributed by atoms with van der Waals surface area (Å²) in [7, 11) is 0. The number of benzene rings is 2.